The summed E-state index contributed by atoms with van der Waals surface area (Å²) in [6, 6.07) is 17.7. The van der Waals surface area contributed by atoms with Crippen LogP contribution in [0.15, 0.2) is 65.2 Å². The number of rotatable bonds is 3. The lowest BCUT2D eigenvalue weighted by Gasteiger charge is -1.97. The first-order chi connectivity index (χ1) is 8.92. The van der Waals surface area contributed by atoms with Crippen molar-refractivity contribution in [3.05, 3.63) is 66.7 Å². The summed E-state index contributed by atoms with van der Waals surface area (Å²) in [5.41, 5.74) is 2.71. The summed E-state index contributed by atoms with van der Waals surface area (Å²) >= 11 is 0. The highest BCUT2D eigenvalue weighted by atomic mass is 16.3. The highest BCUT2D eigenvalue weighted by Gasteiger charge is 2.00. The molecule has 0 saturated heterocycles. The molecule has 0 bridgehead atoms. The Balaban J connectivity index is 1.76. The molecule has 3 nitrogen and oxygen atoms in total. The van der Waals surface area contributed by atoms with E-state index < -0.39 is 0 Å². The Kier molecular flexibility index (Phi) is 2.80. The molecule has 0 amide bonds. The van der Waals surface area contributed by atoms with Crippen LogP contribution >= 0.6 is 0 Å². The van der Waals surface area contributed by atoms with Crippen LogP contribution in [0.1, 0.15) is 5.89 Å². The first kappa shape index (κ1) is 10.6. The summed E-state index contributed by atoms with van der Waals surface area (Å²) < 4.78 is 5.57. The van der Waals surface area contributed by atoms with Crippen molar-refractivity contribution in [2.24, 2.45) is 0 Å². The lowest BCUT2D eigenvalue weighted by molar-refractivity contribution is 0.589. The number of hydrogen-bond donors (Lipinski definition) is 1. The van der Waals surface area contributed by atoms with Crippen LogP contribution in [0, 0.1) is 0 Å². The van der Waals surface area contributed by atoms with Crippen LogP contribution in [-0.2, 0) is 0 Å². The predicted molar refractivity (Wildman–Crippen MR) is 73.1 cm³/mol. The molecule has 0 fully saturated rings. The maximum absolute atomic E-state index is 5.57. The molecule has 1 heterocycles. The van der Waals surface area contributed by atoms with Gasteiger partial charge in [0.05, 0.1) is 0 Å². The average molecular weight is 236 g/mol. The first-order valence-electron chi connectivity index (χ1n) is 5.75. The van der Waals surface area contributed by atoms with Gasteiger partial charge in [-0.25, -0.2) is 4.98 Å². The molecule has 0 aliphatic rings. The van der Waals surface area contributed by atoms with E-state index in [-0.39, 0.29) is 0 Å². The van der Waals surface area contributed by atoms with Crippen LogP contribution in [0.2, 0.25) is 0 Å². The van der Waals surface area contributed by atoms with Crippen molar-refractivity contribution in [1.82, 2.24) is 4.98 Å². The fraction of sp³-hybridized carbons (Fsp3) is 0. The lowest BCUT2D eigenvalue weighted by Crippen LogP contribution is -1.85. The van der Waals surface area contributed by atoms with Gasteiger partial charge < -0.3 is 9.73 Å². The maximum atomic E-state index is 5.57. The molecule has 0 aliphatic carbocycles. The third kappa shape index (κ3) is 2.25. The standard InChI is InChI=1S/C15H12N2O/c1-2-6-12(7-3-1)16-11-10-15-17-13-8-4-5-9-14(13)18-15/h1-11,16H/b11-10+. The minimum atomic E-state index is 0.597. The van der Waals surface area contributed by atoms with Gasteiger partial charge in [-0.3, -0.25) is 0 Å². The summed E-state index contributed by atoms with van der Waals surface area (Å²) in [6.07, 6.45) is 3.63. The second kappa shape index (κ2) is 4.75. The van der Waals surface area contributed by atoms with Gasteiger partial charge in [0.2, 0.25) is 5.89 Å². The van der Waals surface area contributed by atoms with Gasteiger partial charge >= 0.3 is 0 Å². The van der Waals surface area contributed by atoms with Crippen molar-refractivity contribution in [1.29, 1.82) is 0 Å². The topological polar surface area (TPSA) is 38.1 Å². The van der Waals surface area contributed by atoms with E-state index in [1.807, 2.05) is 66.9 Å². The molecule has 3 rings (SSSR count). The van der Waals surface area contributed by atoms with Gasteiger partial charge in [-0.15, -0.1) is 0 Å². The molecule has 3 aromatic rings. The molecule has 3 heteroatoms. The summed E-state index contributed by atoms with van der Waals surface area (Å²) in [4.78, 5) is 4.35. The van der Waals surface area contributed by atoms with E-state index in [0.29, 0.717) is 5.89 Å². The Labute approximate surface area is 105 Å². The van der Waals surface area contributed by atoms with Crippen molar-refractivity contribution in [3.63, 3.8) is 0 Å². The summed E-state index contributed by atoms with van der Waals surface area (Å²) in [6.45, 7) is 0. The molecule has 1 aromatic heterocycles. The normalized spacial score (nSPS) is 11.1. The maximum Gasteiger partial charge on any atom is 0.221 e. The fourth-order valence-corrected chi connectivity index (χ4v) is 1.70. The Morgan fingerprint density at radius 1 is 0.944 bits per heavy atom. The highest BCUT2D eigenvalue weighted by molar-refractivity contribution is 5.73. The van der Waals surface area contributed by atoms with Gasteiger partial charge in [-0.2, -0.15) is 0 Å². The Hall–Kier alpha value is -2.55. The lowest BCUT2D eigenvalue weighted by atomic mass is 10.3. The third-order valence-electron chi connectivity index (χ3n) is 2.56. The largest absolute Gasteiger partial charge is 0.437 e. The first-order valence-corrected chi connectivity index (χ1v) is 5.75. The zero-order valence-corrected chi connectivity index (χ0v) is 9.71. The second-order valence-electron chi connectivity index (χ2n) is 3.86. The molecule has 0 saturated carbocycles. The Morgan fingerprint density at radius 2 is 1.72 bits per heavy atom. The summed E-state index contributed by atoms with van der Waals surface area (Å²) in [5.74, 6) is 0.597. The third-order valence-corrected chi connectivity index (χ3v) is 2.56. The van der Waals surface area contributed by atoms with E-state index in [1.165, 1.54) is 0 Å². The van der Waals surface area contributed by atoms with Gasteiger partial charge in [-0.05, 0) is 24.3 Å². The molecule has 88 valence electrons. The van der Waals surface area contributed by atoms with Crippen molar-refractivity contribution in [2.75, 3.05) is 5.32 Å². The molecule has 18 heavy (non-hydrogen) atoms. The van der Waals surface area contributed by atoms with Crippen LogP contribution in [0.3, 0.4) is 0 Å². The van der Waals surface area contributed by atoms with E-state index in [4.69, 9.17) is 4.42 Å². The fourth-order valence-electron chi connectivity index (χ4n) is 1.70. The van der Waals surface area contributed by atoms with E-state index in [1.54, 1.807) is 0 Å². The van der Waals surface area contributed by atoms with Crippen LogP contribution in [-0.4, -0.2) is 4.98 Å². The minimum Gasteiger partial charge on any atom is -0.437 e. The molecular formula is C15H12N2O. The number of hydrogen-bond acceptors (Lipinski definition) is 3. The Bertz CT molecular complexity index is 638. The predicted octanol–water partition coefficient (Wildman–Crippen LogP) is 3.91. The number of nitrogens with zero attached hydrogens (tertiary/aromatic N) is 1. The SMILES string of the molecule is C(=C\c1nc2ccccc2o1)/Nc1ccccc1. The smallest absolute Gasteiger partial charge is 0.221 e. The zero-order valence-electron chi connectivity index (χ0n) is 9.71. The number of nitrogens with one attached hydrogen (secondary N) is 1. The number of para-hydroxylation sites is 3. The number of benzene rings is 2. The van der Waals surface area contributed by atoms with E-state index in [2.05, 4.69) is 10.3 Å². The zero-order chi connectivity index (χ0) is 12.2. The monoisotopic (exact) mass is 236 g/mol. The summed E-state index contributed by atoms with van der Waals surface area (Å²) in [5, 5.41) is 3.16. The van der Waals surface area contributed by atoms with Gasteiger partial charge in [0.1, 0.15) is 5.52 Å². The molecular weight excluding hydrogens is 224 g/mol. The number of oxazole rings is 1. The van der Waals surface area contributed by atoms with Crippen LogP contribution in [0.4, 0.5) is 5.69 Å². The van der Waals surface area contributed by atoms with E-state index in [9.17, 15) is 0 Å². The van der Waals surface area contributed by atoms with Crippen molar-refractivity contribution in [3.8, 4) is 0 Å². The average Bonchev–Trinajstić information content (AvgIpc) is 2.82. The summed E-state index contributed by atoms with van der Waals surface area (Å²) in [7, 11) is 0. The van der Waals surface area contributed by atoms with Gasteiger partial charge in [0.15, 0.2) is 5.58 Å². The van der Waals surface area contributed by atoms with Crippen LogP contribution < -0.4 is 5.32 Å². The molecule has 0 radical (unpaired) electrons. The highest BCUT2D eigenvalue weighted by Crippen LogP contribution is 2.15. The molecule has 0 aliphatic heterocycles. The molecule has 1 N–H and O–H groups in total. The molecule has 0 atom stereocenters. The second-order valence-corrected chi connectivity index (χ2v) is 3.86. The minimum absolute atomic E-state index is 0.597. The van der Waals surface area contributed by atoms with Crippen molar-refractivity contribution in [2.45, 2.75) is 0 Å². The van der Waals surface area contributed by atoms with Crippen molar-refractivity contribution < 1.29 is 4.42 Å². The number of fused-ring (bicyclic) bond motifs is 1. The van der Waals surface area contributed by atoms with Gasteiger partial charge in [0, 0.05) is 18.0 Å². The number of anilines is 1. The van der Waals surface area contributed by atoms with Gasteiger partial charge in [-0.1, -0.05) is 30.3 Å². The molecule has 0 unspecified atom stereocenters. The quantitative estimate of drug-likeness (QED) is 0.749. The van der Waals surface area contributed by atoms with Gasteiger partial charge in [0.25, 0.3) is 0 Å². The van der Waals surface area contributed by atoms with Crippen LogP contribution in [0.25, 0.3) is 17.2 Å². The van der Waals surface area contributed by atoms with E-state index >= 15 is 0 Å². The molecule has 2 aromatic carbocycles. The van der Waals surface area contributed by atoms with E-state index in [0.717, 1.165) is 16.8 Å². The Morgan fingerprint density at radius 3 is 2.56 bits per heavy atom. The molecule has 0 spiro atoms. The van der Waals surface area contributed by atoms with Crippen molar-refractivity contribution >= 4 is 22.9 Å². The van der Waals surface area contributed by atoms with Crippen LogP contribution in [0.5, 0.6) is 0 Å². The number of aromatic nitrogens is 1.